The van der Waals surface area contributed by atoms with Crippen LogP contribution in [0, 0.1) is 13.8 Å². The van der Waals surface area contributed by atoms with Gasteiger partial charge in [-0.1, -0.05) is 31.5 Å². The molecule has 3 rings (SSSR count). The van der Waals surface area contributed by atoms with Crippen molar-refractivity contribution in [2.45, 2.75) is 53.5 Å². The summed E-state index contributed by atoms with van der Waals surface area (Å²) in [5.41, 5.74) is 4.10. The Morgan fingerprint density at radius 3 is 2.45 bits per heavy atom. The van der Waals surface area contributed by atoms with Crippen LogP contribution in [0.25, 0.3) is 11.0 Å². The molecule has 9 heteroatoms. The van der Waals surface area contributed by atoms with Crippen molar-refractivity contribution >= 4 is 34.6 Å². The van der Waals surface area contributed by atoms with Crippen LogP contribution in [0.5, 0.6) is 0 Å². The Kier molecular flexibility index (Phi) is 7.10. The number of pyridine rings is 1. The molecular weight excluding hydrogens is 422 g/mol. The molecule has 0 aliphatic carbocycles. The maximum absolute atomic E-state index is 12.8. The number of aromatic nitrogens is 3. The van der Waals surface area contributed by atoms with Crippen molar-refractivity contribution in [1.29, 1.82) is 0 Å². The van der Waals surface area contributed by atoms with E-state index in [0.717, 1.165) is 11.1 Å². The van der Waals surface area contributed by atoms with E-state index in [4.69, 9.17) is 4.74 Å². The molecule has 2 N–H and O–H groups in total. The van der Waals surface area contributed by atoms with E-state index in [2.05, 4.69) is 20.7 Å². The first-order valence-corrected chi connectivity index (χ1v) is 10.8. The van der Waals surface area contributed by atoms with Crippen LogP contribution in [-0.2, 0) is 9.53 Å². The van der Waals surface area contributed by atoms with Gasteiger partial charge < -0.3 is 10.1 Å². The molecule has 0 spiro atoms. The quantitative estimate of drug-likeness (QED) is 0.541. The second-order valence-electron chi connectivity index (χ2n) is 8.57. The number of amides is 3. The maximum atomic E-state index is 12.8. The summed E-state index contributed by atoms with van der Waals surface area (Å²) in [5, 5.41) is 9.67. The van der Waals surface area contributed by atoms with Gasteiger partial charge in [-0.2, -0.15) is 5.10 Å². The topological polar surface area (TPSA) is 115 Å². The largest absolute Gasteiger partial charge is 0.452 e. The summed E-state index contributed by atoms with van der Waals surface area (Å²) >= 11 is 0. The first-order chi connectivity index (χ1) is 15.6. The van der Waals surface area contributed by atoms with Crippen molar-refractivity contribution in [3.63, 3.8) is 0 Å². The van der Waals surface area contributed by atoms with Crippen LogP contribution in [0.15, 0.2) is 30.5 Å². The summed E-state index contributed by atoms with van der Waals surface area (Å²) in [6.07, 6.45) is 1.57. The second-order valence-corrected chi connectivity index (χ2v) is 8.57. The van der Waals surface area contributed by atoms with Gasteiger partial charge in [0.05, 0.1) is 17.1 Å². The lowest BCUT2D eigenvalue weighted by molar-refractivity contribution is -0.123. The lowest BCUT2D eigenvalue weighted by Crippen LogP contribution is -2.37. The molecule has 2 aromatic heterocycles. The smallest absolute Gasteiger partial charge is 0.339 e. The van der Waals surface area contributed by atoms with Gasteiger partial charge in [-0.15, -0.1) is 0 Å². The third kappa shape index (κ3) is 5.54. The molecule has 3 amide bonds. The van der Waals surface area contributed by atoms with Gasteiger partial charge in [0.15, 0.2) is 12.3 Å². The molecule has 2 heterocycles. The molecule has 0 saturated carbocycles. The second kappa shape index (κ2) is 9.81. The number of fused-ring (bicyclic) bond motifs is 1. The minimum Gasteiger partial charge on any atom is -0.452 e. The number of hydrogen-bond donors (Lipinski definition) is 2. The van der Waals surface area contributed by atoms with E-state index in [-0.39, 0.29) is 17.5 Å². The van der Waals surface area contributed by atoms with Crippen molar-refractivity contribution in [2.24, 2.45) is 0 Å². The molecule has 3 aromatic rings. The lowest BCUT2D eigenvalue weighted by Gasteiger charge is -2.12. The summed E-state index contributed by atoms with van der Waals surface area (Å²) in [5.74, 6) is -1.34. The number of aryl methyl sites for hydroxylation is 2. The van der Waals surface area contributed by atoms with E-state index in [9.17, 15) is 14.4 Å². The van der Waals surface area contributed by atoms with Crippen molar-refractivity contribution in [1.82, 2.24) is 20.1 Å². The summed E-state index contributed by atoms with van der Waals surface area (Å²) < 4.78 is 6.94. The summed E-state index contributed by atoms with van der Waals surface area (Å²) in [7, 11) is 0. The fourth-order valence-electron chi connectivity index (χ4n) is 3.36. The molecule has 174 valence electrons. The highest BCUT2D eigenvalue weighted by Gasteiger charge is 2.21. The number of nitrogens with zero attached hydrogens (tertiary/aromatic N) is 3. The Balaban J connectivity index is 1.68. The fourth-order valence-corrected chi connectivity index (χ4v) is 3.36. The van der Waals surface area contributed by atoms with Crippen molar-refractivity contribution in [3.05, 3.63) is 52.8 Å². The average molecular weight is 452 g/mol. The monoisotopic (exact) mass is 451 g/mol. The standard InChI is InChI=1S/C24H29N5O4/c1-13(2)20-10-17(18-11-25-29(14(3)4)22(18)26-20)23(31)33-12-21(30)28-24(32)27-19-8-7-15(5)9-16(19)6/h7-11,13-14H,12H2,1-6H3,(H2,27,28,30,32). The Morgan fingerprint density at radius 2 is 1.82 bits per heavy atom. The molecule has 33 heavy (non-hydrogen) atoms. The fraction of sp³-hybridized carbons (Fsp3) is 0.375. The molecule has 0 saturated heterocycles. The summed E-state index contributed by atoms with van der Waals surface area (Å²) in [4.78, 5) is 41.8. The first-order valence-electron chi connectivity index (χ1n) is 10.8. The van der Waals surface area contributed by atoms with Gasteiger partial charge in [-0.05, 0) is 51.3 Å². The number of urea groups is 1. The molecule has 0 aliphatic heterocycles. The molecule has 0 fully saturated rings. The number of nitrogens with one attached hydrogen (secondary N) is 2. The van der Waals surface area contributed by atoms with E-state index in [1.807, 2.05) is 53.7 Å². The zero-order valence-corrected chi connectivity index (χ0v) is 19.7. The number of carbonyl (C=O) groups is 3. The average Bonchev–Trinajstić information content (AvgIpc) is 3.17. The van der Waals surface area contributed by atoms with Crippen molar-refractivity contribution < 1.29 is 19.1 Å². The number of rotatable bonds is 6. The molecule has 0 unspecified atom stereocenters. The lowest BCUT2D eigenvalue weighted by atomic mass is 10.1. The van der Waals surface area contributed by atoms with E-state index in [0.29, 0.717) is 22.4 Å². The van der Waals surface area contributed by atoms with Crippen LogP contribution >= 0.6 is 0 Å². The van der Waals surface area contributed by atoms with E-state index < -0.39 is 24.5 Å². The number of esters is 1. The van der Waals surface area contributed by atoms with E-state index in [1.54, 1.807) is 23.0 Å². The zero-order valence-electron chi connectivity index (χ0n) is 19.7. The van der Waals surface area contributed by atoms with Crippen molar-refractivity contribution in [2.75, 3.05) is 11.9 Å². The molecule has 0 bridgehead atoms. The van der Waals surface area contributed by atoms with Crippen molar-refractivity contribution in [3.8, 4) is 0 Å². The molecule has 1 aromatic carbocycles. The number of benzene rings is 1. The maximum Gasteiger partial charge on any atom is 0.339 e. The Labute approximate surface area is 192 Å². The van der Waals surface area contributed by atoms with Gasteiger partial charge in [0.2, 0.25) is 0 Å². The van der Waals surface area contributed by atoms with Crippen LogP contribution in [-0.4, -0.2) is 39.3 Å². The number of carbonyl (C=O) groups excluding carboxylic acids is 3. The normalized spacial score (nSPS) is 11.2. The molecule has 0 aliphatic rings. The molecular formula is C24H29N5O4. The van der Waals surface area contributed by atoms with Gasteiger partial charge in [0.25, 0.3) is 5.91 Å². The third-order valence-corrected chi connectivity index (χ3v) is 5.10. The highest BCUT2D eigenvalue weighted by atomic mass is 16.5. The van der Waals surface area contributed by atoms with Gasteiger partial charge >= 0.3 is 12.0 Å². The molecule has 0 atom stereocenters. The third-order valence-electron chi connectivity index (χ3n) is 5.10. The minimum atomic E-state index is -0.738. The highest BCUT2D eigenvalue weighted by Crippen LogP contribution is 2.25. The van der Waals surface area contributed by atoms with Gasteiger partial charge in [-0.25, -0.2) is 19.3 Å². The van der Waals surface area contributed by atoms with Gasteiger partial charge in [-0.3, -0.25) is 10.1 Å². The highest BCUT2D eigenvalue weighted by molar-refractivity contribution is 6.05. The van der Waals surface area contributed by atoms with Crippen LogP contribution in [0.4, 0.5) is 10.5 Å². The predicted molar refractivity (Wildman–Crippen MR) is 125 cm³/mol. The van der Waals surface area contributed by atoms with E-state index >= 15 is 0 Å². The van der Waals surface area contributed by atoms with Gasteiger partial charge in [0.1, 0.15) is 0 Å². The van der Waals surface area contributed by atoms with Crippen LogP contribution in [0.3, 0.4) is 0 Å². The van der Waals surface area contributed by atoms with Crippen LogP contribution in [0.1, 0.15) is 66.8 Å². The Morgan fingerprint density at radius 1 is 1.09 bits per heavy atom. The Bertz CT molecular complexity index is 1210. The summed E-state index contributed by atoms with van der Waals surface area (Å²) in [6, 6.07) is 6.55. The Hall–Kier alpha value is -3.75. The number of anilines is 1. The number of imide groups is 1. The van der Waals surface area contributed by atoms with Crippen LogP contribution < -0.4 is 10.6 Å². The van der Waals surface area contributed by atoms with Gasteiger partial charge in [0, 0.05) is 17.4 Å². The van der Waals surface area contributed by atoms with E-state index in [1.165, 1.54) is 0 Å². The molecule has 0 radical (unpaired) electrons. The summed E-state index contributed by atoms with van der Waals surface area (Å²) in [6.45, 7) is 11.1. The molecule has 9 nitrogen and oxygen atoms in total. The SMILES string of the molecule is Cc1ccc(NC(=O)NC(=O)COC(=O)c2cc(C(C)C)nc3c2cnn3C(C)C)c(C)c1. The first kappa shape index (κ1) is 23.9. The van der Waals surface area contributed by atoms with Crippen LogP contribution in [0.2, 0.25) is 0 Å². The predicted octanol–water partition coefficient (Wildman–Crippen LogP) is 4.26. The number of hydrogen-bond acceptors (Lipinski definition) is 6. The number of ether oxygens (including phenoxy) is 1. The minimum absolute atomic E-state index is 0.0581. The zero-order chi connectivity index (χ0) is 24.3.